The van der Waals surface area contributed by atoms with Gasteiger partial charge in [0.2, 0.25) is 0 Å². The van der Waals surface area contributed by atoms with Crippen LogP contribution in [0.25, 0.3) is 0 Å². The second-order valence-corrected chi connectivity index (χ2v) is 6.14. The number of hydrogen-bond donors (Lipinski definition) is 0. The Morgan fingerprint density at radius 1 is 1.11 bits per heavy atom. The highest BCUT2D eigenvalue weighted by Gasteiger charge is 2.16. The minimum absolute atomic E-state index is 0.00262. The molecule has 0 nitrogen and oxygen atoms in total. The molecule has 2 aromatic carbocycles. The van der Waals surface area contributed by atoms with Gasteiger partial charge in [-0.3, -0.25) is 0 Å². The molecule has 0 spiro atoms. The molecule has 2 rings (SSSR count). The van der Waals surface area contributed by atoms with Gasteiger partial charge in [-0.1, -0.05) is 23.7 Å². The molecule has 0 aliphatic heterocycles. The van der Waals surface area contributed by atoms with E-state index < -0.39 is 17.0 Å². The number of halogens is 5. The molecule has 0 aliphatic carbocycles. The highest BCUT2D eigenvalue weighted by atomic mass is 127. The smallest absolute Gasteiger partial charge is 0.129 e. The van der Waals surface area contributed by atoms with E-state index in [4.69, 9.17) is 23.2 Å². The molecule has 0 radical (unpaired) electrons. The fourth-order valence-electron chi connectivity index (χ4n) is 1.73. The van der Waals surface area contributed by atoms with Gasteiger partial charge in [0.25, 0.3) is 0 Å². The molecule has 2 aromatic rings. The molecule has 1 atom stereocenters. The average molecular weight is 413 g/mol. The number of hydrogen-bond acceptors (Lipinski definition) is 0. The molecule has 0 bridgehead atoms. The van der Waals surface area contributed by atoms with Crippen molar-refractivity contribution >= 4 is 45.8 Å². The monoisotopic (exact) mass is 412 g/mol. The third-order valence-corrected chi connectivity index (χ3v) is 4.73. The van der Waals surface area contributed by atoms with Crippen molar-refractivity contribution in [2.24, 2.45) is 0 Å². The molecule has 0 saturated heterocycles. The molecule has 0 amide bonds. The Morgan fingerprint density at radius 3 is 2.32 bits per heavy atom. The number of alkyl halides is 1. The van der Waals surface area contributed by atoms with Crippen molar-refractivity contribution in [3.63, 3.8) is 0 Å². The first kappa shape index (κ1) is 15.0. The molecule has 19 heavy (non-hydrogen) atoms. The third kappa shape index (κ3) is 3.58. The maximum atomic E-state index is 13.5. The first-order valence-electron chi connectivity index (χ1n) is 5.51. The summed E-state index contributed by atoms with van der Waals surface area (Å²) < 4.78 is 28.0. The Balaban J connectivity index is 2.25. The van der Waals surface area contributed by atoms with Crippen molar-refractivity contribution in [2.45, 2.75) is 11.8 Å². The van der Waals surface area contributed by atoms with Crippen molar-refractivity contribution in [2.75, 3.05) is 0 Å². The van der Waals surface area contributed by atoms with Gasteiger partial charge < -0.3 is 0 Å². The van der Waals surface area contributed by atoms with Crippen LogP contribution in [-0.2, 0) is 6.42 Å². The van der Waals surface area contributed by atoms with Crippen LogP contribution in [0.5, 0.6) is 0 Å². The Morgan fingerprint density at radius 2 is 1.74 bits per heavy atom. The van der Waals surface area contributed by atoms with Gasteiger partial charge in [-0.25, -0.2) is 8.78 Å². The Bertz CT molecular complexity index is 582. The summed E-state index contributed by atoms with van der Waals surface area (Å²) >= 11 is 14.3. The van der Waals surface area contributed by atoms with Crippen LogP contribution in [-0.4, -0.2) is 0 Å². The summed E-state index contributed by atoms with van der Waals surface area (Å²) in [6, 6.07) is 9.14. The molecule has 5 heteroatoms. The summed E-state index contributed by atoms with van der Waals surface area (Å²) in [4.78, 5) is 0. The highest BCUT2D eigenvalue weighted by Crippen LogP contribution is 2.30. The normalized spacial score (nSPS) is 12.5. The van der Waals surface area contributed by atoms with Crippen molar-refractivity contribution in [1.29, 1.82) is 0 Å². The summed E-state index contributed by atoms with van der Waals surface area (Å²) in [6.45, 7) is 0. The standard InChI is InChI=1S/C14H9Cl2F2I/c15-10(8-4-5-14(19)11(16)6-8)7-9-12(17)2-1-3-13(9)18/h1-6,10H,7H2. The van der Waals surface area contributed by atoms with Crippen LogP contribution in [0.4, 0.5) is 8.78 Å². The predicted octanol–water partition coefficient (Wildman–Crippen LogP) is 5.75. The molecule has 0 heterocycles. The summed E-state index contributed by atoms with van der Waals surface area (Å²) in [5, 5.41) is 0.0543. The Labute approximate surface area is 133 Å². The van der Waals surface area contributed by atoms with E-state index in [0.29, 0.717) is 5.02 Å². The molecule has 0 saturated carbocycles. The van der Waals surface area contributed by atoms with E-state index in [0.717, 1.165) is 9.13 Å². The van der Waals surface area contributed by atoms with Crippen molar-refractivity contribution in [1.82, 2.24) is 0 Å². The summed E-state index contributed by atoms with van der Waals surface area (Å²) in [5.41, 5.74) is 0.743. The zero-order chi connectivity index (χ0) is 14.0. The zero-order valence-corrected chi connectivity index (χ0v) is 13.3. The van der Waals surface area contributed by atoms with E-state index in [1.165, 1.54) is 18.2 Å². The van der Waals surface area contributed by atoms with E-state index in [2.05, 4.69) is 22.6 Å². The first-order chi connectivity index (χ1) is 8.99. The van der Waals surface area contributed by atoms with E-state index in [9.17, 15) is 8.78 Å². The maximum Gasteiger partial charge on any atom is 0.129 e. The maximum absolute atomic E-state index is 13.5. The van der Waals surface area contributed by atoms with Crippen LogP contribution in [0.15, 0.2) is 36.4 Å². The SMILES string of the molecule is Fc1cccc(F)c1CC(Cl)c1ccc(I)c(Cl)c1. The van der Waals surface area contributed by atoms with Gasteiger partial charge in [0, 0.05) is 9.13 Å². The molecule has 100 valence electrons. The van der Waals surface area contributed by atoms with Crippen LogP contribution in [0.3, 0.4) is 0 Å². The van der Waals surface area contributed by atoms with E-state index in [-0.39, 0.29) is 12.0 Å². The lowest BCUT2D eigenvalue weighted by Crippen LogP contribution is -2.01. The van der Waals surface area contributed by atoms with Crippen LogP contribution >= 0.6 is 45.8 Å². The summed E-state index contributed by atoms with van der Waals surface area (Å²) in [5.74, 6) is -1.16. The molecular weight excluding hydrogens is 404 g/mol. The molecule has 1 unspecified atom stereocenters. The summed E-state index contributed by atoms with van der Waals surface area (Å²) in [6.07, 6.45) is 0.0803. The Hall–Kier alpha value is -0.390. The van der Waals surface area contributed by atoms with E-state index >= 15 is 0 Å². The second kappa shape index (κ2) is 6.37. The molecule has 0 aromatic heterocycles. The minimum Gasteiger partial charge on any atom is -0.207 e. The molecule has 0 fully saturated rings. The first-order valence-corrected chi connectivity index (χ1v) is 7.40. The quantitative estimate of drug-likeness (QED) is 0.445. The predicted molar refractivity (Wildman–Crippen MR) is 82.8 cm³/mol. The topological polar surface area (TPSA) is 0 Å². The van der Waals surface area contributed by atoms with Crippen LogP contribution < -0.4 is 0 Å². The van der Waals surface area contributed by atoms with Crippen molar-refractivity contribution in [3.8, 4) is 0 Å². The minimum atomic E-state index is -0.581. The van der Waals surface area contributed by atoms with Crippen LogP contribution in [0, 0.1) is 15.2 Å². The lowest BCUT2D eigenvalue weighted by atomic mass is 10.0. The van der Waals surface area contributed by atoms with Crippen molar-refractivity contribution < 1.29 is 8.78 Å². The van der Waals surface area contributed by atoms with Gasteiger partial charge in [0.15, 0.2) is 0 Å². The fraction of sp³-hybridized carbons (Fsp3) is 0.143. The molecule has 0 aliphatic rings. The largest absolute Gasteiger partial charge is 0.207 e. The van der Waals surface area contributed by atoms with Gasteiger partial charge in [-0.2, -0.15) is 0 Å². The van der Waals surface area contributed by atoms with Crippen LogP contribution in [0.2, 0.25) is 5.02 Å². The van der Waals surface area contributed by atoms with Gasteiger partial charge >= 0.3 is 0 Å². The van der Waals surface area contributed by atoms with Crippen LogP contribution in [0.1, 0.15) is 16.5 Å². The lowest BCUT2D eigenvalue weighted by Gasteiger charge is -2.12. The van der Waals surface area contributed by atoms with E-state index in [1.807, 2.05) is 12.1 Å². The average Bonchev–Trinajstić information content (AvgIpc) is 2.37. The summed E-state index contributed by atoms with van der Waals surface area (Å²) in [7, 11) is 0. The van der Waals surface area contributed by atoms with Crippen molar-refractivity contribution in [3.05, 3.63) is 67.8 Å². The third-order valence-electron chi connectivity index (χ3n) is 2.75. The lowest BCUT2D eigenvalue weighted by molar-refractivity contribution is 0.553. The van der Waals surface area contributed by atoms with Gasteiger partial charge in [-0.15, -0.1) is 11.6 Å². The molecular formula is C14H9Cl2F2I. The zero-order valence-electron chi connectivity index (χ0n) is 9.64. The van der Waals surface area contributed by atoms with E-state index in [1.54, 1.807) is 6.07 Å². The Kier molecular flexibility index (Phi) is 5.03. The van der Waals surface area contributed by atoms with Gasteiger partial charge in [0.05, 0.1) is 10.4 Å². The molecule has 0 N–H and O–H groups in total. The number of benzene rings is 2. The second-order valence-electron chi connectivity index (χ2n) is 4.05. The van der Waals surface area contributed by atoms with Gasteiger partial charge in [0.1, 0.15) is 11.6 Å². The highest BCUT2D eigenvalue weighted by molar-refractivity contribution is 14.1. The van der Waals surface area contributed by atoms with Gasteiger partial charge in [-0.05, 0) is 58.8 Å². The number of rotatable bonds is 3. The fourth-order valence-corrected chi connectivity index (χ4v) is 2.55.